The molecule has 1 aliphatic rings. The molecule has 21 heavy (non-hydrogen) atoms. The van der Waals surface area contributed by atoms with Gasteiger partial charge in [-0.2, -0.15) is 0 Å². The van der Waals surface area contributed by atoms with E-state index in [2.05, 4.69) is 10.6 Å². The summed E-state index contributed by atoms with van der Waals surface area (Å²) in [6, 6.07) is 2.91. The molecule has 0 saturated carbocycles. The highest BCUT2D eigenvalue weighted by Crippen LogP contribution is 2.19. The van der Waals surface area contributed by atoms with Gasteiger partial charge in [-0.3, -0.25) is 4.79 Å². The summed E-state index contributed by atoms with van der Waals surface area (Å²) in [4.78, 5) is 11.9. The van der Waals surface area contributed by atoms with Crippen LogP contribution in [0.5, 0.6) is 0 Å². The molecule has 0 radical (unpaired) electrons. The lowest BCUT2D eigenvalue weighted by molar-refractivity contribution is 0.0888. The number of carbonyl (C=O) groups is 1. The summed E-state index contributed by atoms with van der Waals surface area (Å²) in [5.41, 5.74) is -0.460. The highest BCUT2D eigenvalue weighted by molar-refractivity contribution is 5.94. The van der Waals surface area contributed by atoms with Crippen LogP contribution in [0.3, 0.4) is 0 Å². The molecule has 1 amide bonds. The van der Waals surface area contributed by atoms with Gasteiger partial charge in [0.1, 0.15) is 11.6 Å². The molecule has 2 N–H and O–H groups in total. The van der Waals surface area contributed by atoms with Gasteiger partial charge < -0.3 is 15.4 Å². The smallest absolute Gasteiger partial charge is 0.254 e. The number of benzene rings is 1. The van der Waals surface area contributed by atoms with Gasteiger partial charge in [-0.25, -0.2) is 8.78 Å². The van der Waals surface area contributed by atoms with E-state index in [1.165, 1.54) is 0 Å². The van der Waals surface area contributed by atoms with E-state index >= 15 is 0 Å². The highest BCUT2D eigenvalue weighted by atomic mass is 35.5. The van der Waals surface area contributed by atoms with Crippen LogP contribution in [0.1, 0.15) is 23.2 Å². The first-order chi connectivity index (χ1) is 9.56. The molecule has 0 spiro atoms. The van der Waals surface area contributed by atoms with Crippen LogP contribution in [-0.4, -0.2) is 38.3 Å². The van der Waals surface area contributed by atoms with Crippen molar-refractivity contribution in [2.75, 3.05) is 26.8 Å². The quantitative estimate of drug-likeness (QED) is 0.871. The van der Waals surface area contributed by atoms with Gasteiger partial charge in [0.25, 0.3) is 5.91 Å². The predicted molar refractivity (Wildman–Crippen MR) is 77.8 cm³/mol. The molecule has 0 bridgehead atoms. The van der Waals surface area contributed by atoms with E-state index in [-0.39, 0.29) is 23.5 Å². The van der Waals surface area contributed by atoms with Crippen LogP contribution in [0.25, 0.3) is 0 Å². The minimum Gasteiger partial charge on any atom is -0.383 e. The first kappa shape index (κ1) is 17.8. The SMILES string of the molecule is COCC1(CNC(=O)c2ccc(F)cc2F)CCCN1.Cl. The fourth-order valence-corrected chi connectivity index (χ4v) is 2.49. The summed E-state index contributed by atoms with van der Waals surface area (Å²) in [6.07, 6.45) is 1.89. The number of methoxy groups -OCH3 is 1. The van der Waals surface area contributed by atoms with Crippen molar-refractivity contribution in [3.05, 3.63) is 35.4 Å². The topological polar surface area (TPSA) is 50.4 Å². The zero-order valence-corrected chi connectivity index (χ0v) is 12.6. The molecule has 0 aromatic heterocycles. The number of ether oxygens (including phenoxy) is 1. The number of carbonyl (C=O) groups excluding carboxylic acids is 1. The van der Waals surface area contributed by atoms with E-state index in [1.807, 2.05) is 0 Å². The molecule has 118 valence electrons. The van der Waals surface area contributed by atoms with Crippen LogP contribution >= 0.6 is 12.4 Å². The van der Waals surface area contributed by atoms with Crippen LogP contribution < -0.4 is 10.6 Å². The zero-order valence-electron chi connectivity index (χ0n) is 11.7. The fraction of sp³-hybridized carbons (Fsp3) is 0.500. The largest absolute Gasteiger partial charge is 0.383 e. The van der Waals surface area contributed by atoms with Crippen LogP contribution in [0.4, 0.5) is 8.78 Å². The number of hydrogen-bond donors (Lipinski definition) is 2. The van der Waals surface area contributed by atoms with Gasteiger partial charge in [0.15, 0.2) is 0 Å². The molecule has 1 saturated heterocycles. The maximum absolute atomic E-state index is 13.5. The van der Waals surface area contributed by atoms with Crippen LogP contribution in [0, 0.1) is 11.6 Å². The lowest BCUT2D eigenvalue weighted by Gasteiger charge is -2.29. The molecule has 1 heterocycles. The second-order valence-electron chi connectivity index (χ2n) is 5.05. The lowest BCUT2D eigenvalue weighted by Crippen LogP contribution is -2.53. The van der Waals surface area contributed by atoms with Gasteiger partial charge in [0.2, 0.25) is 0 Å². The Labute approximate surface area is 128 Å². The van der Waals surface area contributed by atoms with Crippen molar-refractivity contribution < 1.29 is 18.3 Å². The third-order valence-corrected chi connectivity index (χ3v) is 3.52. The summed E-state index contributed by atoms with van der Waals surface area (Å²) >= 11 is 0. The molecule has 7 heteroatoms. The molecule has 1 unspecified atom stereocenters. The number of rotatable bonds is 5. The molecular formula is C14H19ClF2N2O2. The molecule has 1 aromatic rings. The molecular weight excluding hydrogens is 302 g/mol. The molecule has 1 fully saturated rings. The fourth-order valence-electron chi connectivity index (χ4n) is 2.49. The Bertz CT molecular complexity index is 494. The second-order valence-corrected chi connectivity index (χ2v) is 5.05. The summed E-state index contributed by atoms with van der Waals surface area (Å²) in [6.45, 7) is 1.68. The summed E-state index contributed by atoms with van der Waals surface area (Å²) in [5.74, 6) is -2.11. The second kappa shape index (κ2) is 7.68. The Kier molecular flexibility index (Phi) is 6.51. The highest BCUT2D eigenvalue weighted by Gasteiger charge is 2.34. The van der Waals surface area contributed by atoms with E-state index in [0.29, 0.717) is 19.2 Å². The third kappa shape index (κ3) is 4.36. The standard InChI is InChI=1S/C14H18F2N2O2.ClH/c1-20-9-14(5-2-6-18-14)8-17-13(19)11-4-3-10(15)7-12(11)16;/h3-4,7,18H,2,5-6,8-9H2,1H3,(H,17,19);1H. The first-order valence-corrected chi connectivity index (χ1v) is 6.53. The Morgan fingerprint density at radius 3 is 2.81 bits per heavy atom. The van der Waals surface area contributed by atoms with Crippen molar-refractivity contribution in [3.8, 4) is 0 Å². The summed E-state index contributed by atoms with van der Waals surface area (Å²) in [7, 11) is 1.60. The molecule has 1 aromatic carbocycles. The zero-order chi connectivity index (χ0) is 14.6. The minimum atomic E-state index is -0.859. The molecule has 0 aliphatic carbocycles. The Hall–Kier alpha value is -1.24. The van der Waals surface area contributed by atoms with Gasteiger partial charge in [0, 0.05) is 19.7 Å². The van der Waals surface area contributed by atoms with Gasteiger partial charge in [-0.05, 0) is 31.5 Å². The average molecular weight is 321 g/mol. The number of nitrogens with one attached hydrogen (secondary N) is 2. The number of hydrogen-bond acceptors (Lipinski definition) is 3. The monoisotopic (exact) mass is 320 g/mol. The Morgan fingerprint density at radius 2 is 2.24 bits per heavy atom. The van der Waals surface area contributed by atoms with Gasteiger partial charge in [0.05, 0.1) is 17.7 Å². The maximum atomic E-state index is 13.5. The minimum absolute atomic E-state index is 0. The van der Waals surface area contributed by atoms with Crippen LogP contribution in [0.15, 0.2) is 18.2 Å². The van der Waals surface area contributed by atoms with E-state index < -0.39 is 17.5 Å². The molecule has 2 rings (SSSR count). The van der Waals surface area contributed by atoms with Gasteiger partial charge in [-0.1, -0.05) is 0 Å². The molecule has 1 aliphatic heterocycles. The van der Waals surface area contributed by atoms with Crippen molar-refractivity contribution in [2.24, 2.45) is 0 Å². The van der Waals surface area contributed by atoms with E-state index in [1.54, 1.807) is 7.11 Å². The van der Waals surface area contributed by atoms with Crippen LogP contribution in [-0.2, 0) is 4.74 Å². The van der Waals surface area contributed by atoms with Crippen molar-refractivity contribution in [1.29, 1.82) is 0 Å². The van der Waals surface area contributed by atoms with Crippen molar-refractivity contribution in [2.45, 2.75) is 18.4 Å². The molecule has 1 atom stereocenters. The van der Waals surface area contributed by atoms with E-state index in [0.717, 1.165) is 31.5 Å². The normalized spacial score (nSPS) is 20.9. The summed E-state index contributed by atoms with van der Waals surface area (Å²) < 4.78 is 31.5. The lowest BCUT2D eigenvalue weighted by atomic mass is 9.98. The van der Waals surface area contributed by atoms with Crippen molar-refractivity contribution >= 4 is 18.3 Å². The Morgan fingerprint density at radius 1 is 1.48 bits per heavy atom. The van der Waals surface area contributed by atoms with E-state index in [9.17, 15) is 13.6 Å². The average Bonchev–Trinajstić information content (AvgIpc) is 2.85. The van der Waals surface area contributed by atoms with Crippen LogP contribution in [0.2, 0.25) is 0 Å². The van der Waals surface area contributed by atoms with Gasteiger partial charge in [-0.15, -0.1) is 12.4 Å². The first-order valence-electron chi connectivity index (χ1n) is 6.53. The molecule has 4 nitrogen and oxygen atoms in total. The third-order valence-electron chi connectivity index (χ3n) is 3.52. The summed E-state index contributed by atoms with van der Waals surface area (Å²) in [5, 5.41) is 5.99. The number of halogens is 3. The van der Waals surface area contributed by atoms with Crippen molar-refractivity contribution in [1.82, 2.24) is 10.6 Å². The van der Waals surface area contributed by atoms with E-state index in [4.69, 9.17) is 4.74 Å². The van der Waals surface area contributed by atoms with Gasteiger partial charge >= 0.3 is 0 Å². The maximum Gasteiger partial charge on any atom is 0.254 e. The Balaban J connectivity index is 0.00000220. The number of amides is 1. The predicted octanol–water partition coefficient (Wildman–Crippen LogP) is 1.89. The van der Waals surface area contributed by atoms with Crippen molar-refractivity contribution in [3.63, 3.8) is 0 Å².